The number of fused-ring (bicyclic) bond motifs is 1. The largest absolute Gasteiger partial charge is 0.379 e. The minimum Gasteiger partial charge on any atom is -0.379 e. The van der Waals surface area contributed by atoms with Crippen molar-refractivity contribution in [2.75, 3.05) is 25.5 Å². The highest BCUT2D eigenvalue weighted by Gasteiger charge is 2.29. The molecule has 1 amide bonds. The number of anilines is 1. The Kier molecular flexibility index (Phi) is 6.71. The molecule has 1 saturated heterocycles. The summed E-state index contributed by atoms with van der Waals surface area (Å²) >= 11 is 6.37. The molecular weight excluding hydrogens is 408 g/mol. The monoisotopic (exact) mass is 432 g/mol. The lowest BCUT2D eigenvalue weighted by Crippen LogP contribution is -2.23. The summed E-state index contributed by atoms with van der Waals surface area (Å²) < 4.78 is 7.52. The number of ether oxygens (including phenoxy) is 1. The quantitative estimate of drug-likeness (QED) is 0.409. The summed E-state index contributed by atoms with van der Waals surface area (Å²) in [6.45, 7) is 7.10. The number of likely N-dealkylation sites (N-methyl/N-ethyl adjacent to an activating group) is 1. The molecular formula is C20H24N4O3S2. The zero-order valence-corrected chi connectivity index (χ0v) is 18.5. The number of thioether (sulfide) groups is 1. The number of hydrogen-bond acceptors (Lipinski definition) is 7. The normalized spacial score (nSPS) is 15.9. The molecule has 2 aromatic rings. The highest BCUT2D eigenvalue weighted by molar-refractivity contribution is 8.26. The van der Waals surface area contributed by atoms with Crippen LogP contribution in [0.4, 0.5) is 5.82 Å². The van der Waals surface area contributed by atoms with Crippen molar-refractivity contribution in [3.63, 3.8) is 0 Å². The topological polar surface area (TPSA) is 75.9 Å². The Morgan fingerprint density at radius 1 is 1.34 bits per heavy atom. The summed E-state index contributed by atoms with van der Waals surface area (Å²) in [5, 5.41) is 3.23. The minimum absolute atomic E-state index is 0.174. The SMILES string of the molecule is Cc1ccc2nc(NCCCOC(C)C)c(/C=C3\SC(=S)N(C)C3=O)c(=O)n2c1. The molecule has 1 fully saturated rings. The Hall–Kier alpha value is -2.23. The van der Waals surface area contributed by atoms with E-state index in [1.54, 1.807) is 25.4 Å². The lowest BCUT2D eigenvalue weighted by molar-refractivity contribution is -0.121. The minimum atomic E-state index is -0.235. The lowest BCUT2D eigenvalue weighted by Gasteiger charge is -2.12. The number of thiocarbonyl (C=S) groups is 1. The number of carbonyl (C=O) groups is 1. The molecule has 7 nitrogen and oxygen atoms in total. The van der Waals surface area contributed by atoms with Crippen LogP contribution in [0.3, 0.4) is 0 Å². The third-order valence-electron chi connectivity index (χ3n) is 4.33. The molecule has 0 aromatic carbocycles. The van der Waals surface area contributed by atoms with Gasteiger partial charge in [-0.3, -0.25) is 18.9 Å². The van der Waals surface area contributed by atoms with Gasteiger partial charge >= 0.3 is 0 Å². The maximum absolute atomic E-state index is 13.2. The number of pyridine rings is 1. The van der Waals surface area contributed by atoms with Crippen LogP contribution >= 0.6 is 24.0 Å². The van der Waals surface area contributed by atoms with Crippen LogP contribution in [0.25, 0.3) is 11.7 Å². The van der Waals surface area contributed by atoms with E-state index in [1.807, 2.05) is 26.8 Å². The number of nitrogens with zero attached hydrogens (tertiary/aromatic N) is 3. The highest BCUT2D eigenvalue weighted by Crippen LogP contribution is 2.31. The van der Waals surface area contributed by atoms with Gasteiger partial charge in [-0.1, -0.05) is 30.0 Å². The van der Waals surface area contributed by atoms with Gasteiger partial charge in [0, 0.05) is 26.4 Å². The molecule has 0 bridgehead atoms. The van der Waals surface area contributed by atoms with Gasteiger partial charge in [0.15, 0.2) is 0 Å². The van der Waals surface area contributed by atoms with Crippen molar-refractivity contribution < 1.29 is 9.53 Å². The van der Waals surface area contributed by atoms with Crippen LogP contribution in [0.5, 0.6) is 0 Å². The highest BCUT2D eigenvalue weighted by atomic mass is 32.2. The summed E-state index contributed by atoms with van der Waals surface area (Å²) in [6.07, 6.45) is 4.27. The van der Waals surface area contributed by atoms with Gasteiger partial charge < -0.3 is 10.1 Å². The van der Waals surface area contributed by atoms with E-state index in [0.29, 0.717) is 39.4 Å². The first kappa shape index (κ1) is 21.5. The van der Waals surface area contributed by atoms with E-state index in [1.165, 1.54) is 21.1 Å². The third kappa shape index (κ3) is 4.85. The van der Waals surface area contributed by atoms with Crippen molar-refractivity contribution in [2.45, 2.75) is 33.3 Å². The van der Waals surface area contributed by atoms with E-state index >= 15 is 0 Å². The second-order valence-electron chi connectivity index (χ2n) is 7.05. The van der Waals surface area contributed by atoms with Gasteiger partial charge in [0.1, 0.15) is 15.8 Å². The molecule has 0 unspecified atom stereocenters. The number of nitrogens with one attached hydrogen (secondary N) is 1. The van der Waals surface area contributed by atoms with Crippen LogP contribution in [0.2, 0.25) is 0 Å². The van der Waals surface area contributed by atoms with E-state index in [9.17, 15) is 9.59 Å². The van der Waals surface area contributed by atoms with Gasteiger partial charge in [0.2, 0.25) is 0 Å². The Bertz CT molecular complexity index is 1050. The second kappa shape index (κ2) is 9.06. The Balaban J connectivity index is 1.98. The summed E-state index contributed by atoms with van der Waals surface area (Å²) in [4.78, 5) is 32.0. The number of carbonyl (C=O) groups excluding carboxylic acids is 1. The fraction of sp³-hybridized carbons (Fsp3) is 0.400. The van der Waals surface area contributed by atoms with E-state index in [2.05, 4.69) is 10.3 Å². The number of aromatic nitrogens is 2. The Morgan fingerprint density at radius 3 is 2.76 bits per heavy atom. The van der Waals surface area contributed by atoms with Gasteiger partial charge in [-0.05, 0) is 44.9 Å². The molecule has 154 valence electrons. The Labute approximate surface area is 179 Å². The van der Waals surface area contributed by atoms with Crippen LogP contribution in [-0.4, -0.2) is 50.8 Å². The molecule has 0 spiro atoms. The van der Waals surface area contributed by atoms with E-state index in [0.717, 1.165) is 12.0 Å². The molecule has 0 radical (unpaired) electrons. The van der Waals surface area contributed by atoms with Crippen molar-refractivity contribution >= 4 is 51.7 Å². The summed E-state index contributed by atoms with van der Waals surface area (Å²) in [6, 6.07) is 3.71. The molecule has 1 aliphatic heterocycles. The van der Waals surface area contributed by atoms with Crippen molar-refractivity contribution in [2.24, 2.45) is 0 Å². The number of hydrogen-bond donors (Lipinski definition) is 1. The van der Waals surface area contributed by atoms with Gasteiger partial charge in [0.25, 0.3) is 11.5 Å². The van der Waals surface area contributed by atoms with Crippen LogP contribution in [0.15, 0.2) is 28.0 Å². The molecule has 3 heterocycles. The molecule has 0 saturated carbocycles. The van der Waals surface area contributed by atoms with Crippen LogP contribution < -0.4 is 10.9 Å². The first-order chi connectivity index (χ1) is 13.8. The lowest BCUT2D eigenvalue weighted by atomic mass is 10.2. The van der Waals surface area contributed by atoms with E-state index in [4.69, 9.17) is 17.0 Å². The maximum atomic E-state index is 13.2. The summed E-state index contributed by atoms with van der Waals surface area (Å²) in [7, 11) is 1.63. The smallest absolute Gasteiger partial charge is 0.267 e. The first-order valence-electron chi connectivity index (χ1n) is 9.38. The van der Waals surface area contributed by atoms with Crippen LogP contribution in [0.1, 0.15) is 31.4 Å². The van der Waals surface area contributed by atoms with Gasteiger partial charge in [-0.15, -0.1) is 0 Å². The zero-order chi connectivity index (χ0) is 21.1. The first-order valence-corrected chi connectivity index (χ1v) is 10.6. The van der Waals surface area contributed by atoms with Crippen LogP contribution in [0, 0.1) is 6.92 Å². The van der Waals surface area contributed by atoms with E-state index < -0.39 is 0 Å². The number of aryl methyl sites for hydroxylation is 1. The maximum Gasteiger partial charge on any atom is 0.267 e. The standard InChI is InChI=1S/C20H24N4O3S2/c1-12(2)27-9-5-8-21-17-14(10-15-19(26)23(4)20(28)29-15)18(25)24-11-13(3)6-7-16(24)22-17/h6-7,10-12,21H,5,8-9H2,1-4H3/b15-10-. The van der Waals surface area contributed by atoms with Crippen LogP contribution in [-0.2, 0) is 9.53 Å². The molecule has 2 aromatic heterocycles. The fourth-order valence-electron chi connectivity index (χ4n) is 2.80. The van der Waals surface area contributed by atoms with Gasteiger partial charge in [-0.2, -0.15) is 0 Å². The van der Waals surface area contributed by atoms with Crippen molar-refractivity contribution in [1.29, 1.82) is 0 Å². The van der Waals surface area contributed by atoms with Crippen molar-refractivity contribution in [3.05, 3.63) is 44.7 Å². The van der Waals surface area contributed by atoms with Gasteiger partial charge in [0.05, 0.1) is 16.6 Å². The summed E-state index contributed by atoms with van der Waals surface area (Å²) in [5.74, 6) is 0.231. The average Bonchev–Trinajstić information content (AvgIpc) is 2.91. The molecule has 1 N–H and O–H groups in total. The predicted molar refractivity (Wildman–Crippen MR) is 121 cm³/mol. The fourth-order valence-corrected chi connectivity index (χ4v) is 3.96. The van der Waals surface area contributed by atoms with Crippen molar-refractivity contribution in [3.8, 4) is 0 Å². The summed E-state index contributed by atoms with van der Waals surface area (Å²) in [5.41, 5.74) is 1.59. The molecule has 0 aliphatic carbocycles. The number of amides is 1. The predicted octanol–water partition coefficient (Wildman–Crippen LogP) is 3.06. The zero-order valence-electron chi connectivity index (χ0n) is 16.9. The molecule has 3 rings (SSSR count). The number of rotatable bonds is 7. The van der Waals surface area contributed by atoms with Crippen molar-refractivity contribution in [1.82, 2.24) is 14.3 Å². The third-order valence-corrected chi connectivity index (χ3v) is 5.82. The van der Waals surface area contributed by atoms with E-state index in [-0.39, 0.29) is 17.6 Å². The molecule has 29 heavy (non-hydrogen) atoms. The molecule has 1 aliphatic rings. The Morgan fingerprint density at radius 2 is 2.10 bits per heavy atom. The molecule has 9 heteroatoms. The molecule has 0 atom stereocenters. The average molecular weight is 433 g/mol. The second-order valence-corrected chi connectivity index (χ2v) is 8.73. The van der Waals surface area contributed by atoms with Gasteiger partial charge in [-0.25, -0.2) is 4.98 Å².